The summed E-state index contributed by atoms with van der Waals surface area (Å²) in [6, 6.07) is 11.8. The van der Waals surface area contributed by atoms with Crippen LogP contribution in [-0.2, 0) is 16.3 Å². The van der Waals surface area contributed by atoms with Crippen LogP contribution in [0, 0.1) is 0 Å². The molecule has 0 saturated carbocycles. The molecule has 3 aromatic rings. The number of benzene rings is 1. The second-order valence-electron chi connectivity index (χ2n) is 6.87. The maximum absolute atomic E-state index is 11.7. The number of rotatable bonds is 5. The predicted octanol–water partition coefficient (Wildman–Crippen LogP) is 3.78. The molecule has 0 radical (unpaired) electrons. The fourth-order valence-electron chi connectivity index (χ4n) is 3.05. The summed E-state index contributed by atoms with van der Waals surface area (Å²) >= 11 is 1.08. The van der Waals surface area contributed by atoms with Crippen LogP contribution in [0.1, 0.15) is 30.7 Å². The van der Waals surface area contributed by atoms with Gasteiger partial charge in [0, 0.05) is 23.5 Å². The van der Waals surface area contributed by atoms with Gasteiger partial charge in [0.1, 0.15) is 5.01 Å². The van der Waals surface area contributed by atoms with Crippen molar-refractivity contribution in [2.24, 2.45) is 0 Å². The van der Waals surface area contributed by atoms with Crippen LogP contribution in [0.4, 0.5) is 0 Å². The van der Waals surface area contributed by atoms with Crippen molar-refractivity contribution in [2.45, 2.75) is 30.7 Å². The lowest BCUT2D eigenvalue weighted by Gasteiger charge is -2.11. The number of ether oxygens (including phenoxy) is 1. The number of sulfone groups is 1. The van der Waals surface area contributed by atoms with Gasteiger partial charge in [-0.05, 0) is 43.5 Å². The molecule has 0 N–H and O–H groups in total. The highest BCUT2D eigenvalue weighted by Gasteiger charge is 2.20. The minimum Gasteiger partial charge on any atom is -0.475 e. The van der Waals surface area contributed by atoms with E-state index in [1.165, 1.54) is 5.56 Å². The zero-order valence-electron chi connectivity index (χ0n) is 15.7. The second kappa shape index (κ2) is 7.10. The molecule has 4 rings (SSSR count). The van der Waals surface area contributed by atoms with Crippen molar-refractivity contribution in [3.63, 3.8) is 0 Å². The second-order valence-corrected chi connectivity index (χ2v) is 10.0. The molecular formula is C20H19N3O3S2. The standard InChI is InChI=1S/C20H19N3O3S2/c1-12(2)26-18-6-4-5-17(21-18)15-10-9-13-7-8-14(11-16(13)15)19-22-23-20(27-19)28(3,24)25/h4-8,10-12H,9H2,1-3H3. The summed E-state index contributed by atoms with van der Waals surface area (Å²) in [4.78, 5) is 4.64. The Hall–Kier alpha value is -2.58. The van der Waals surface area contributed by atoms with E-state index in [1.54, 1.807) is 0 Å². The molecule has 1 aliphatic carbocycles. The van der Waals surface area contributed by atoms with Gasteiger partial charge >= 0.3 is 0 Å². The van der Waals surface area contributed by atoms with Crippen LogP contribution in [0.25, 0.3) is 16.1 Å². The van der Waals surface area contributed by atoms with Gasteiger partial charge in [0.2, 0.25) is 20.1 Å². The molecule has 0 saturated heterocycles. The fraction of sp³-hybridized carbons (Fsp3) is 0.250. The van der Waals surface area contributed by atoms with E-state index in [0.29, 0.717) is 10.9 Å². The Kier molecular flexibility index (Phi) is 4.76. The van der Waals surface area contributed by atoms with Crippen molar-refractivity contribution >= 4 is 26.7 Å². The molecule has 0 fully saturated rings. The smallest absolute Gasteiger partial charge is 0.232 e. The summed E-state index contributed by atoms with van der Waals surface area (Å²) in [5.74, 6) is 0.597. The normalized spacial score (nSPS) is 13.5. The Bertz CT molecular complexity index is 1180. The molecule has 2 heterocycles. The van der Waals surface area contributed by atoms with E-state index in [4.69, 9.17) is 4.74 Å². The highest BCUT2D eigenvalue weighted by atomic mass is 32.2. The number of aromatic nitrogens is 3. The van der Waals surface area contributed by atoms with Gasteiger partial charge in [0.25, 0.3) is 0 Å². The lowest BCUT2D eigenvalue weighted by molar-refractivity contribution is 0.232. The third-order valence-electron chi connectivity index (χ3n) is 4.25. The molecule has 0 aliphatic heterocycles. The number of hydrogen-bond acceptors (Lipinski definition) is 7. The molecule has 0 bridgehead atoms. The van der Waals surface area contributed by atoms with Crippen molar-refractivity contribution in [3.05, 3.63) is 59.3 Å². The number of hydrogen-bond donors (Lipinski definition) is 0. The monoisotopic (exact) mass is 413 g/mol. The first kappa shape index (κ1) is 18.8. The zero-order chi connectivity index (χ0) is 19.9. The van der Waals surface area contributed by atoms with Crippen molar-refractivity contribution < 1.29 is 13.2 Å². The first-order chi connectivity index (χ1) is 13.3. The Balaban J connectivity index is 1.70. The minimum atomic E-state index is -3.36. The van der Waals surface area contributed by atoms with Gasteiger partial charge in [-0.15, -0.1) is 10.2 Å². The van der Waals surface area contributed by atoms with Crippen LogP contribution in [0.2, 0.25) is 0 Å². The quantitative estimate of drug-likeness (QED) is 0.633. The van der Waals surface area contributed by atoms with Crippen LogP contribution in [0.3, 0.4) is 0 Å². The minimum absolute atomic E-state index is 0.0268. The number of allylic oxidation sites excluding steroid dienone is 1. The van der Waals surface area contributed by atoms with E-state index >= 15 is 0 Å². The Morgan fingerprint density at radius 1 is 1.14 bits per heavy atom. The number of nitrogens with zero attached hydrogens (tertiary/aromatic N) is 3. The van der Waals surface area contributed by atoms with Crippen molar-refractivity contribution in [2.75, 3.05) is 6.26 Å². The largest absolute Gasteiger partial charge is 0.475 e. The third-order valence-corrected chi connectivity index (χ3v) is 6.89. The van der Waals surface area contributed by atoms with Gasteiger partial charge in [-0.25, -0.2) is 13.4 Å². The highest BCUT2D eigenvalue weighted by molar-refractivity contribution is 7.92. The van der Waals surface area contributed by atoms with Gasteiger partial charge in [0.05, 0.1) is 11.8 Å². The van der Waals surface area contributed by atoms with Crippen LogP contribution >= 0.6 is 11.3 Å². The lowest BCUT2D eigenvalue weighted by Crippen LogP contribution is -2.07. The maximum Gasteiger partial charge on any atom is 0.232 e. The Labute approximate surface area is 167 Å². The third kappa shape index (κ3) is 3.70. The van der Waals surface area contributed by atoms with Gasteiger partial charge in [-0.2, -0.15) is 0 Å². The zero-order valence-corrected chi connectivity index (χ0v) is 17.3. The van der Waals surface area contributed by atoms with Gasteiger partial charge in [-0.1, -0.05) is 35.6 Å². The highest BCUT2D eigenvalue weighted by Crippen LogP contribution is 2.36. The first-order valence-electron chi connectivity index (χ1n) is 8.83. The predicted molar refractivity (Wildman–Crippen MR) is 109 cm³/mol. The average Bonchev–Trinajstić information content (AvgIpc) is 3.28. The van der Waals surface area contributed by atoms with E-state index in [-0.39, 0.29) is 10.4 Å². The molecule has 6 nitrogen and oxygen atoms in total. The maximum atomic E-state index is 11.7. The van der Waals surface area contributed by atoms with Crippen molar-refractivity contribution in [1.29, 1.82) is 0 Å². The van der Waals surface area contributed by atoms with Crippen LogP contribution in [-0.4, -0.2) is 36.0 Å². The summed E-state index contributed by atoms with van der Waals surface area (Å²) in [6.45, 7) is 3.94. The van der Waals surface area contributed by atoms with Crippen molar-refractivity contribution in [1.82, 2.24) is 15.2 Å². The van der Waals surface area contributed by atoms with Gasteiger partial charge < -0.3 is 4.74 Å². The summed E-state index contributed by atoms with van der Waals surface area (Å²) in [6.07, 6.45) is 4.17. The molecule has 8 heteroatoms. The van der Waals surface area contributed by atoms with E-state index < -0.39 is 9.84 Å². The summed E-state index contributed by atoms with van der Waals surface area (Å²) in [5.41, 5.74) is 5.00. The average molecular weight is 414 g/mol. The first-order valence-corrected chi connectivity index (χ1v) is 11.5. The molecule has 28 heavy (non-hydrogen) atoms. The van der Waals surface area contributed by atoms with E-state index in [0.717, 1.165) is 46.4 Å². The number of fused-ring (bicyclic) bond motifs is 1. The summed E-state index contributed by atoms with van der Waals surface area (Å²) < 4.78 is 29.1. The summed E-state index contributed by atoms with van der Waals surface area (Å²) in [5, 5.41) is 8.45. The summed E-state index contributed by atoms with van der Waals surface area (Å²) in [7, 11) is -3.36. The van der Waals surface area contributed by atoms with Gasteiger partial charge in [-0.3, -0.25) is 0 Å². The lowest BCUT2D eigenvalue weighted by atomic mass is 10.0. The molecule has 0 unspecified atom stereocenters. The molecule has 0 amide bonds. The fourth-order valence-corrected chi connectivity index (χ4v) is 4.66. The Morgan fingerprint density at radius 2 is 1.96 bits per heavy atom. The SMILES string of the molecule is CC(C)Oc1cccc(C2=CCc3ccc(-c4nnc(S(C)(=O)=O)s4)cc32)n1. The molecule has 2 aromatic heterocycles. The van der Waals surface area contributed by atoms with E-state index in [1.807, 2.05) is 50.2 Å². The van der Waals surface area contributed by atoms with Crippen LogP contribution in [0.15, 0.2) is 46.8 Å². The van der Waals surface area contributed by atoms with E-state index in [9.17, 15) is 8.42 Å². The number of pyridine rings is 1. The molecular weight excluding hydrogens is 394 g/mol. The molecule has 1 aliphatic rings. The topological polar surface area (TPSA) is 82.0 Å². The van der Waals surface area contributed by atoms with Crippen LogP contribution < -0.4 is 4.74 Å². The molecule has 1 aromatic carbocycles. The van der Waals surface area contributed by atoms with E-state index in [2.05, 4.69) is 21.3 Å². The molecule has 144 valence electrons. The van der Waals surface area contributed by atoms with Crippen molar-refractivity contribution in [3.8, 4) is 16.5 Å². The van der Waals surface area contributed by atoms with Crippen LogP contribution in [0.5, 0.6) is 5.88 Å². The molecule has 0 spiro atoms. The molecule has 0 atom stereocenters. The van der Waals surface area contributed by atoms with Gasteiger partial charge in [0.15, 0.2) is 0 Å². The Morgan fingerprint density at radius 3 is 2.68 bits per heavy atom.